The van der Waals surface area contributed by atoms with Crippen molar-refractivity contribution in [3.63, 3.8) is 0 Å². The highest BCUT2D eigenvalue weighted by atomic mass is 79.9. The van der Waals surface area contributed by atoms with Crippen LogP contribution in [0, 0.1) is 5.82 Å². The van der Waals surface area contributed by atoms with E-state index in [-0.39, 0.29) is 23.9 Å². The molecule has 12 heteroatoms. The predicted octanol–water partition coefficient (Wildman–Crippen LogP) is 2.07. The zero-order valence-corrected chi connectivity index (χ0v) is 19.5. The molecule has 2 aromatic rings. The second-order valence-corrected chi connectivity index (χ2v) is 11.0. The molecule has 2 heterocycles. The summed E-state index contributed by atoms with van der Waals surface area (Å²) in [6.45, 7) is 1.57. The Morgan fingerprint density at radius 2 is 2.19 bits per heavy atom. The number of nitrogens with one attached hydrogen (secondary N) is 1. The lowest BCUT2D eigenvalue weighted by Gasteiger charge is -2.28. The second-order valence-electron chi connectivity index (χ2n) is 7.62. The number of hydrogen-bond donors (Lipinski definition) is 1. The Morgan fingerprint density at radius 3 is 2.84 bits per heavy atom. The molecule has 2 atom stereocenters. The molecule has 1 saturated heterocycles. The van der Waals surface area contributed by atoms with Crippen molar-refractivity contribution in [2.75, 3.05) is 12.9 Å². The lowest BCUT2D eigenvalue weighted by Crippen LogP contribution is -2.51. The first kappa shape index (κ1) is 23.8. The molecule has 1 N–H and O–H groups in total. The Kier molecular flexibility index (Phi) is 7.14. The second kappa shape index (κ2) is 9.31. The van der Waals surface area contributed by atoms with Gasteiger partial charge in [-0.2, -0.15) is 0 Å². The number of sulfone groups is 1. The summed E-state index contributed by atoms with van der Waals surface area (Å²) < 4.78 is 44.1. The average Bonchev–Trinajstić information content (AvgIpc) is 2.70. The van der Waals surface area contributed by atoms with Crippen LogP contribution in [0.2, 0.25) is 0 Å². The van der Waals surface area contributed by atoms with Crippen molar-refractivity contribution in [3.05, 3.63) is 39.1 Å². The van der Waals surface area contributed by atoms with Crippen LogP contribution in [0.15, 0.2) is 27.7 Å². The van der Waals surface area contributed by atoms with E-state index in [9.17, 15) is 22.4 Å². The van der Waals surface area contributed by atoms with Crippen molar-refractivity contribution in [1.29, 1.82) is 0 Å². The summed E-state index contributed by atoms with van der Waals surface area (Å²) in [4.78, 5) is 34.7. The molecule has 170 valence electrons. The summed E-state index contributed by atoms with van der Waals surface area (Å²) in [5, 5.41) is -0.214. The zero-order valence-electron chi connectivity index (χ0n) is 17.1. The van der Waals surface area contributed by atoms with Crippen LogP contribution in [0.25, 0.3) is 10.9 Å². The molecule has 1 fully saturated rings. The maximum atomic E-state index is 14.3. The SMILES string of the molecule is CC(CCn1cnc2cc(Br)cc(F)c2c1=O)(C(=O)NOC1CCCCO1)S(C)(=O)=O. The highest BCUT2D eigenvalue weighted by Gasteiger charge is 2.44. The van der Waals surface area contributed by atoms with Crippen LogP contribution in [0.5, 0.6) is 0 Å². The van der Waals surface area contributed by atoms with Gasteiger partial charge in [-0.1, -0.05) is 15.9 Å². The minimum absolute atomic E-state index is 0.164. The molecule has 1 aromatic carbocycles. The minimum Gasteiger partial charge on any atom is -0.350 e. The van der Waals surface area contributed by atoms with Gasteiger partial charge in [0.1, 0.15) is 11.2 Å². The Hall–Kier alpha value is -1.89. The van der Waals surface area contributed by atoms with Crippen molar-refractivity contribution in [2.24, 2.45) is 0 Å². The lowest BCUT2D eigenvalue weighted by molar-refractivity contribution is -0.201. The van der Waals surface area contributed by atoms with E-state index < -0.39 is 38.2 Å². The standard InChI is InChI=1S/C19H23BrFN3O6S/c1-19(31(2,27)28,18(26)23-30-15-5-3-4-8-29-15)6-7-24-11-22-14-10-12(20)9-13(21)16(14)17(24)25/h9-11,15H,3-8H2,1-2H3,(H,23,26). The van der Waals surface area contributed by atoms with Gasteiger partial charge < -0.3 is 4.74 Å². The number of nitrogens with zero attached hydrogens (tertiary/aromatic N) is 2. The number of aryl methyl sites for hydroxylation is 1. The van der Waals surface area contributed by atoms with Gasteiger partial charge in [0.05, 0.1) is 11.8 Å². The van der Waals surface area contributed by atoms with Crippen LogP contribution in [0.3, 0.4) is 0 Å². The van der Waals surface area contributed by atoms with E-state index in [1.54, 1.807) is 0 Å². The highest BCUT2D eigenvalue weighted by molar-refractivity contribution is 9.10. The summed E-state index contributed by atoms with van der Waals surface area (Å²) in [7, 11) is -3.90. The molecule has 1 aliphatic heterocycles. The highest BCUT2D eigenvalue weighted by Crippen LogP contribution is 2.24. The van der Waals surface area contributed by atoms with E-state index in [0.29, 0.717) is 17.5 Å². The van der Waals surface area contributed by atoms with E-state index in [1.807, 2.05) is 0 Å². The molecule has 31 heavy (non-hydrogen) atoms. The molecular formula is C19H23BrFN3O6S. The first-order valence-corrected chi connectivity index (χ1v) is 12.3. The van der Waals surface area contributed by atoms with Crippen LogP contribution in [-0.4, -0.2) is 47.8 Å². The van der Waals surface area contributed by atoms with Crippen LogP contribution >= 0.6 is 15.9 Å². The number of amides is 1. The maximum absolute atomic E-state index is 14.3. The van der Waals surface area contributed by atoms with Crippen LogP contribution < -0.4 is 11.0 Å². The molecule has 0 saturated carbocycles. The topological polar surface area (TPSA) is 117 Å². The number of hydroxylamine groups is 1. The van der Waals surface area contributed by atoms with E-state index in [0.717, 1.165) is 29.7 Å². The van der Waals surface area contributed by atoms with Gasteiger partial charge in [-0.15, -0.1) is 0 Å². The summed E-state index contributed by atoms with van der Waals surface area (Å²) >= 11 is 3.14. The van der Waals surface area contributed by atoms with Gasteiger partial charge in [-0.3, -0.25) is 14.2 Å². The van der Waals surface area contributed by atoms with Gasteiger partial charge >= 0.3 is 0 Å². The van der Waals surface area contributed by atoms with Crippen LogP contribution in [0.1, 0.15) is 32.6 Å². The van der Waals surface area contributed by atoms with Crippen molar-refractivity contribution in [3.8, 4) is 0 Å². The number of hydrogen-bond acceptors (Lipinski definition) is 7. The summed E-state index contributed by atoms with van der Waals surface area (Å²) in [6, 6.07) is 2.65. The Morgan fingerprint density at radius 1 is 1.45 bits per heavy atom. The molecule has 0 aliphatic carbocycles. The third kappa shape index (κ3) is 5.13. The summed E-state index contributed by atoms with van der Waals surface area (Å²) in [5.74, 6) is -1.62. The third-order valence-corrected chi connectivity index (χ3v) is 7.88. The van der Waals surface area contributed by atoms with Gasteiger partial charge in [0, 0.05) is 30.3 Å². The fraction of sp³-hybridized carbons (Fsp3) is 0.526. The number of rotatable bonds is 7. The van der Waals surface area contributed by atoms with Gasteiger partial charge in [0.2, 0.25) is 0 Å². The third-order valence-electron chi connectivity index (χ3n) is 5.39. The average molecular weight is 520 g/mol. The number of ether oxygens (including phenoxy) is 1. The normalized spacial score (nSPS) is 19.2. The van der Waals surface area contributed by atoms with E-state index >= 15 is 0 Å². The van der Waals surface area contributed by atoms with Crippen LogP contribution in [0.4, 0.5) is 4.39 Å². The summed E-state index contributed by atoms with van der Waals surface area (Å²) in [6.07, 6.45) is 3.57. The monoisotopic (exact) mass is 519 g/mol. The van der Waals surface area contributed by atoms with Crippen molar-refractivity contribution in [2.45, 2.75) is 50.2 Å². The number of halogens is 2. The predicted molar refractivity (Wildman–Crippen MR) is 114 cm³/mol. The Balaban J connectivity index is 1.80. The molecule has 9 nitrogen and oxygen atoms in total. The van der Waals surface area contributed by atoms with E-state index in [1.165, 1.54) is 19.3 Å². The molecule has 3 rings (SSSR count). The minimum atomic E-state index is -3.90. The first-order chi connectivity index (χ1) is 14.5. The number of benzene rings is 1. The van der Waals surface area contributed by atoms with Crippen molar-refractivity contribution < 1.29 is 27.2 Å². The number of carbonyl (C=O) groups excluding carboxylic acids is 1. The molecule has 2 unspecified atom stereocenters. The fourth-order valence-electron chi connectivity index (χ4n) is 3.19. The van der Waals surface area contributed by atoms with Gasteiger partial charge in [0.15, 0.2) is 20.9 Å². The summed E-state index contributed by atoms with van der Waals surface area (Å²) in [5.41, 5.74) is 1.68. The molecule has 1 amide bonds. The van der Waals surface area contributed by atoms with Crippen LogP contribution in [-0.2, 0) is 30.8 Å². The molecule has 1 aromatic heterocycles. The number of carbonyl (C=O) groups is 1. The molecule has 0 bridgehead atoms. The molecular weight excluding hydrogens is 497 g/mol. The van der Waals surface area contributed by atoms with Gasteiger partial charge in [0.25, 0.3) is 11.5 Å². The fourth-order valence-corrected chi connectivity index (χ4v) is 4.45. The Labute approximate surface area is 186 Å². The van der Waals surface area contributed by atoms with Gasteiger partial charge in [-0.25, -0.2) is 28.1 Å². The Bertz CT molecular complexity index is 1150. The molecule has 0 spiro atoms. The maximum Gasteiger partial charge on any atom is 0.264 e. The number of aromatic nitrogens is 2. The zero-order chi connectivity index (χ0) is 22.8. The van der Waals surface area contributed by atoms with Crippen molar-refractivity contribution in [1.82, 2.24) is 15.0 Å². The quantitative estimate of drug-likeness (QED) is 0.556. The number of fused-ring (bicyclic) bond motifs is 1. The van der Waals surface area contributed by atoms with Gasteiger partial charge in [-0.05, 0) is 38.3 Å². The smallest absolute Gasteiger partial charge is 0.264 e. The lowest BCUT2D eigenvalue weighted by atomic mass is 10.1. The molecule has 1 aliphatic rings. The molecule has 0 radical (unpaired) electrons. The van der Waals surface area contributed by atoms with E-state index in [2.05, 4.69) is 26.4 Å². The first-order valence-electron chi connectivity index (χ1n) is 9.64. The van der Waals surface area contributed by atoms with Crippen molar-refractivity contribution >= 4 is 42.6 Å². The van der Waals surface area contributed by atoms with E-state index in [4.69, 9.17) is 9.57 Å². The largest absolute Gasteiger partial charge is 0.350 e.